The first-order chi connectivity index (χ1) is 6.24. The molecule has 4 nitrogen and oxygen atoms in total. The summed E-state index contributed by atoms with van der Waals surface area (Å²) in [5.41, 5.74) is 5.30. The van der Waals surface area contributed by atoms with Crippen LogP contribution in [0.4, 0.5) is 5.82 Å². The molecule has 0 aliphatic carbocycles. The minimum Gasteiger partial charge on any atom is -0.491 e. The first-order valence-electron chi connectivity index (χ1n) is 4.20. The van der Waals surface area contributed by atoms with Gasteiger partial charge in [0.2, 0.25) is 0 Å². The highest BCUT2D eigenvalue weighted by molar-refractivity contribution is 5.38. The van der Waals surface area contributed by atoms with Crippen LogP contribution in [0.5, 0.6) is 5.75 Å². The number of aromatic nitrogens is 1. The lowest BCUT2D eigenvalue weighted by Crippen LogP contribution is -2.12. The second-order valence-electron chi connectivity index (χ2n) is 2.88. The Morgan fingerprint density at radius 3 is 2.69 bits per heavy atom. The standard InChI is InChI=1S/C9H15N3O/c1-12(2)9-4-3-8(7-11-9)13-6-5-10/h3-4,7H,5-6,10H2,1-2H3. The van der Waals surface area contributed by atoms with Crippen LogP contribution in [0.25, 0.3) is 0 Å². The summed E-state index contributed by atoms with van der Waals surface area (Å²) < 4.78 is 5.28. The minimum absolute atomic E-state index is 0.523. The zero-order chi connectivity index (χ0) is 9.68. The van der Waals surface area contributed by atoms with Gasteiger partial charge in [-0.3, -0.25) is 0 Å². The van der Waals surface area contributed by atoms with Crippen molar-refractivity contribution in [1.29, 1.82) is 0 Å². The molecule has 0 saturated heterocycles. The van der Waals surface area contributed by atoms with Gasteiger partial charge in [0.15, 0.2) is 0 Å². The Kier molecular flexibility index (Phi) is 3.52. The van der Waals surface area contributed by atoms with Gasteiger partial charge in [-0.05, 0) is 12.1 Å². The summed E-state index contributed by atoms with van der Waals surface area (Å²) in [6.45, 7) is 1.05. The molecule has 1 rings (SSSR count). The van der Waals surface area contributed by atoms with Gasteiger partial charge < -0.3 is 15.4 Å². The molecule has 0 amide bonds. The smallest absolute Gasteiger partial charge is 0.137 e. The van der Waals surface area contributed by atoms with Crippen LogP contribution in [0.3, 0.4) is 0 Å². The molecule has 1 aromatic rings. The number of nitrogens with two attached hydrogens (primary N) is 1. The van der Waals surface area contributed by atoms with E-state index in [1.807, 2.05) is 31.1 Å². The topological polar surface area (TPSA) is 51.4 Å². The molecule has 0 aromatic carbocycles. The van der Waals surface area contributed by atoms with Crippen molar-refractivity contribution in [3.8, 4) is 5.75 Å². The van der Waals surface area contributed by atoms with Crippen molar-refractivity contribution >= 4 is 5.82 Å². The monoisotopic (exact) mass is 181 g/mol. The van der Waals surface area contributed by atoms with E-state index in [0.717, 1.165) is 11.6 Å². The zero-order valence-electron chi connectivity index (χ0n) is 8.03. The maximum Gasteiger partial charge on any atom is 0.137 e. The van der Waals surface area contributed by atoms with Gasteiger partial charge >= 0.3 is 0 Å². The molecule has 0 aliphatic heterocycles. The van der Waals surface area contributed by atoms with E-state index in [4.69, 9.17) is 10.5 Å². The first kappa shape index (κ1) is 9.80. The van der Waals surface area contributed by atoms with E-state index >= 15 is 0 Å². The van der Waals surface area contributed by atoms with Crippen molar-refractivity contribution in [3.63, 3.8) is 0 Å². The molecular formula is C9H15N3O. The van der Waals surface area contributed by atoms with E-state index < -0.39 is 0 Å². The lowest BCUT2D eigenvalue weighted by atomic mass is 10.4. The number of hydrogen-bond donors (Lipinski definition) is 1. The van der Waals surface area contributed by atoms with Crippen LogP contribution in [-0.2, 0) is 0 Å². The second kappa shape index (κ2) is 4.67. The Hall–Kier alpha value is -1.29. The fourth-order valence-corrected chi connectivity index (χ4v) is 0.899. The van der Waals surface area contributed by atoms with E-state index in [2.05, 4.69) is 4.98 Å². The van der Waals surface area contributed by atoms with E-state index in [1.54, 1.807) is 6.20 Å². The van der Waals surface area contributed by atoms with E-state index in [-0.39, 0.29) is 0 Å². The zero-order valence-corrected chi connectivity index (χ0v) is 8.03. The van der Waals surface area contributed by atoms with Crippen molar-refractivity contribution in [2.24, 2.45) is 5.73 Å². The van der Waals surface area contributed by atoms with Gasteiger partial charge in [0, 0.05) is 20.6 Å². The molecule has 0 unspecified atom stereocenters. The second-order valence-corrected chi connectivity index (χ2v) is 2.88. The van der Waals surface area contributed by atoms with Crippen molar-refractivity contribution in [2.75, 3.05) is 32.1 Å². The molecule has 1 aromatic heterocycles. The quantitative estimate of drug-likeness (QED) is 0.734. The number of hydrogen-bond acceptors (Lipinski definition) is 4. The summed E-state index contributed by atoms with van der Waals surface area (Å²) in [7, 11) is 3.89. The van der Waals surface area contributed by atoms with Gasteiger partial charge in [0.1, 0.15) is 18.2 Å². The maximum absolute atomic E-state index is 5.30. The molecule has 0 radical (unpaired) electrons. The molecule has 0 spiro atoms. The van der Waals surface area contributed by atoms with E-state index in [9.17, 15) is 0 Å². The Labute approximate surface area is 78.3 Å². The average Bonchev–Trinajstić information content (AvgIpc) is 2.15. The highest BCUT2D eigenvalue weighted by atomic mass is 16.5. The molecule has 2 N–H and O–H groups in total. The van der Waals surface area contributed by atoms with E-state index in [0.29, 0.717) is 13.2 Å². The molecular weight excluding hydrogens is 166 g/mol. The fraction of sp³-hybridized carbons (Fsp3) is 0.444. The summed E-state index contributed by atoms with van der Waals surface area (Å²) in [5.74, 6) is 1.68. The van der Waals surface area contributed by atoms with Gasteiger partial charge in [-0.2, -0.15) is 0 Å². The Bertz CT molecular complexity index is 246. The first-order valence-corrected chi connectivity index (χ1v) is 4.20. The lowest BCUT2D eigenvalue weighted by Gasteiger charge is -2.11. The summed E-state index contributed by atoms with van der Waals surface area (Å²) in [4.78, 5) is 6.13. The third-order valence-corrected chi connectivity index (χ3v) is 1.57. The number of rotatable bonds is 4. The van der Waals surface area contributed by atoms with E-state index in [1.165, 1.54) is 0 Å². The fourth-order valence-electron chi connectivity index (χ4n) is 0.899. The summed E-state index contributed by atoms with van der Waals surface area (Å²) in [6.07, 6.45) is 1.70. The lowest BCUT2D eigenvalue weighted by molar-refractivity contribution is 0.327. The Balaban J connectivity index is 2.59. The highest BCUT2D eigenvalue weighted by Gasteiger charge is 1.97. The molecule has 0 atom stereocenters. The number of nitrogens with zero attached hydrogens (tertiary/aromatic N) is 2. The molecule has 1 heterocycles. The van der Waals surface area contributed by atoms with Gasteiger partial charge in [0.05, 0.1) is 6.20 Å². The molecule has 72 valence electrons. The van der Waals surface area contributed by atoms with Crippen LogP contribution in [0.2, 0.25) is 0 Å². The van der Waals surface area contributed by atoms with Crippen molar-refractivity contribution in [1.82, 2.24) is 4.98 Å². The molecule has 0 bridgehead atoms. The van der Waals surface area contributed by atoms with Crippen molar-refractivity contribution in [3.05, 3.63) is 18.3 Å². The van der Waals surface area contributed by atoms with Gasteiger partial charge in [0.25, 0.3) is 0 Å². The summed E-state index contributed by atoms with van der Waals surface area (Å²) >= 11 is 0. The summed E-state index contributed by atoms with van der Waals surface area (Å²) in [6, 6.07) is 3.80. The minimum atomic E-state index is 0.523. The Morgan fingerprint density at radius 2 is 2.23 bits per heavy atom. The van der Waals surface area contributed by atoms with Crippen LogP contribution in [0.15, 0.2) is 18.3 Å². The maximum atomic E-state index is 5.30. The van der Waals surface area contributed by atoms with Crippen molar-refractivity contribution in [2.45, 2.75) is 0 Å². The highest BCUT2D eigenvalue weighted by Crippen LogP contribution is 2.13. The predicted octanol–water partition coefficient (Wildman–Crippen LogP) is 0.485. The number of pyridine rings is 1. The van der Waals surface area contributed by atoms with Crippen LogP contribution in [0, 0.1) is 0 Å². The molecule has 13 heavy (non-hydrogen) atoms. The third kappa shape index (κ3) is 2.91. The van der Waals surface area contributed by atoms with Gasteiger partial charge in [-0.1, -0.05) is 0 Å². The molecule has 0 aliphatic rings. The SMILES string of the molecule is CN(C)c1ccc(OCCN)cn1. The number of anilines is 1. The molecule has 4 heteroatoms. The summed E-state index contributed by atoms with van der Waals surface area (Å²) in [5, 5.41) is 0. The Morgan fingerprint density at radius 1 is 1.46 bits per heavy atom. The van der Waals surface area contributed by atoms with Gasteiger partial charge in [-0.15, -0.1) is 0 Å². The van der Waals surface area contributed by atoms with Crippen LogP contribution >= 0.6 is 0 Å². The molecule has 0 saturated carbocycles. The average molecular weight is 181 g/mol. The van der Waals surface area contributed by atoms with Gasteiger partial charge in [-0.25, -0.2) is 4.98 Å². The largest absolute Gasteiger partial charge is 0.491 e. The predicted molar refractivity (Wildman–Crippen MR) is 53.1 cm³/mol. The normalized spacial score (nSPS) is 9.77. The van der Waals surface area contributed by atoms with Crippen LogP contribution in [0.1, 0.15) is 0 Å². The third-order valence-electron chi connectivity index (χ3n) is 1.57. The van der Waals surface area contributed by atoms with Crippen molar-refractivity contribution < 1.29 is 4.74 Å². The van der Waals surface area contributed by atoms with Crippen LogP contribution in [-0.4, -0.2) is 32.2 Å². The number of ether oxygens (including phenoxy) is 1. The molecule has 0 fully saturated rings. The van der Waals surface area contributed by atoms with Crippen LogP contribution < -0.4 is 15.4 Å².